The number of rotatable bonds is 6. The molecule has 150 valence electrons. The lowest BCUT2D eigenvalue weighted by molar-refractivity contribution is -0.142. The monoisotopic (exact) mass is 388 g/mol. The van der Waals surface area contributed by atoms with E-state index in [1.54, 1.807) is 0 Å². The summed E-state index contributed by atoms with van der Waals surface area (Å²) in [5.41, 5.74) is 5.18. The third kappa shape index (κ3) is 4.26. The van der Waals surface area contributed by atoms with Crippen LogP contribution < -0.4 is 0 Å². The molecule has 4 rings (SSSR count). The van der Waals surface area contributed by atoms with E-state index in [9.17, 15) is 4.79 Å². The van der Waals surface area contributed by atoms with Crippen molar-refractivity contribution in [3.63, 3.8) is 0 Å². The van der Waals surface area contributed by atoms with Gasteiger partial charge in [0.05, 0.1) is 30.1 Å². The number of para-hydroxylation sites is 1. The molecule has 1 saturated carbocycles. The number of nitrogens with zero attached hydrogens (tertiary/aromatic N) is 2. The number of carbonyl (C=O) groups is 1. The molecule has 1 aliphatic carbocycles. The van der Waals surface area contributed by atoms with Crippen molar-refractivity contribution in [1.29, 1.82) is 0 Å². The molecule has 4 heteroatoms. The smallest absolute Gasteiger partial charge is 0.310 e. The molecule has 0 bridgehead atoms. The topological polar surface area (TPSA) is 44.1 Å². The highest BCUT2D eigenvalue weighted by molar-refractivity contribution is 5.78. The summed E-state index contributed by atoms with van der Waals surface area (Å²) < 4.78 is 7.34. The lowest BCUT2D eigenvalue weighted by Gasteiger charge is -2.21. The first-order valence-electron chi connectivity index (χ1n) is 10.7. The van der Waals surface area contributed by atoms with Gasteiger partial charge in [0.15, 0.2) is 0 Å². The standard InChI is InChI=1S/C25H28N2O2/c1-2-29-23(28)18-22-24(19-12-6-3-7-13-19)26-27(21-16-10-5-11-17-21)25(22)20-14-8-4-9-15-20/h4-5,8-11,14-17,19H,2-3,6-7,12-13,18H2,1H3. The summed E-state index contributed by atoms with van der Waals surface area (Å²) in [6.45, 7) is 2.25. The predicted octanol–water partition coefficient (Wildman–Crippen LogP) is 5.69. The van der Waals surface area contributed by atoms with Crippen molar-refractivity contribution in [1.82, 2.24) is 9.78 Å². The maximum absolute atomic E-state index is 12.5. The van der Waals surface area contributed by atoms with E-state index in [0.717, 1.165) is 41.0 Å². The predicted molar refractivity (Wildman–Crippen MR) is 115 cm³/mol. The third-order valence-electron chi connectivity index (χ3n) is 5.68. The Morgan fingerprint density at radius 1 is 1.00 bits per heavy atom. The summed E-state index contributed by atoms with van der Waals surface area (Å²) in [5, 5.41) is 5.10. The fourth-order valence-electron chi connectivity index (χ4n) is 4.35. The Balaban J connectivity index is 1.90. The number of esters is 1. The van der Waals surface area contributed by atoms with Crippen molar-refractivity contribution in [2.75, 3.05) is 6.61 Å². The van der Waals surface area contributed by atoms with Gasteiger partial charge in [-0.15, -0.1) is 0 Å². The largest absolute Gasteiger partial charge is 0.466 e. The zero-order chi connectivity index (χ0) is 20.1. The zero-order valence-corrected chi connectivity index (χ0v) is 17.0. The van der Waals surface area contributed by atoms with Crippen molar-refractivity contribution in [2.45, 2.75) is 51.4 Å². The first-order valence-corrected chi connectivity index (χ1v) is 10.7. The molecule has 0 N–H and O–H groups in total. The lowest BCUT2D eigenvalue weighted by atomic mass is 9.84. The minimum atomic E-state index is -0.186. The summed E-state index contributed by atoms with van der Waals surface area (Å²) in [7, 11) is 0. The summed E-state index contributed by atoms with van der Waals surface area (Å²) in [6.07, 6.45) is 6.27. The normalized spacial score (nSPS) is 14.7. The van der Waals surface area contributed by atoms with Gasteiger partial charge in [-0.3, -0.25) is 4.79 Å². The van der Waals surface area contributed by atoms with Gasteiger partial charge in [-0.2, -0.15) is 5.10 Å². The van der Waals surface area contributed by atoms with E-state index in [4.69, 9.17) is 9.84 Å². The van der Waals surface area contributed by atoms with Crippen molar-refractivity contribution < 1.29 is 9.53 Å². The molecular formula is C25H28N2O2. The number of hydrogen-bond donors (Lipinski definition) is 0. The Morgan fingerprint density at radius 3 is 2.31 bits per heavy atom. The number of ether oxygens (including phenoxy) is 1. The second kappa shape index (κ2) is 9.08. The van der Waals surface area contributed by atoms with Crippen LogP contribution in [0.25, 0.3) is 16.9 Å². The van der Waals surface area contributed by atoms with Crippen molar-refractivity contribution >= 4 is 5.97 Å². The Morgan fingerprint density at radius 2 is 1.66 bits per heavy atom. The van der Waals surface area contributed by atoms with Gasteiger partial charge in [0.25, 0.3) is 0 Å². The molecule has 0 unspecified atom stereocenters. The molecule has 1 aromatic heterocycles. The van der Waals surface area contributed by atoms with Crippen LogP contribution in [0.3, 0.4) is 0 Å². The number of carbonyl (C=O) groups excluding carboxylic acids is 1. The summed E-state index contributed by atoms with van der Waals surface area (Å²) in [6, 6.07) is 20.5. The molecule has 1 fully saturated rings. The molecule has 0 spiro atoms. The van der Waals surface area contributed by atoms with E-state index < -0.39 is 0 Å². The minimum Gasteiger partial charge on any atom is -0.466 e. The fourth-order valence-corrected chi connectivity index (χ4v) is 4.35. The molecule has 0 radical (unpaired) electrons. The Kier molecular flexibility index (Phi) is 6.09. The van der Waals surface area contributed by atoms with Crippen LogP contribution in [0.15, 0.2) is 60.7 Å². The fraction of sp³-hybridized carbons (Fsp3) is 0.360. The van der Waals surface area contributed by atoms with E-state index in [0.29, 0.717) is 12.5 Å². The molecule has 1 aliphatic rings. The van der Waals surface area contributed by atoms with E-state index in [1.165, 1.54) is 19.3 Å². The molecule has 4 nitrogen and oxygen atoms in total. The van der Waals surface area contributed by atoms with Crippen LogP contribution in [0, 0.1) is 0 Å². The molecule has 2 aromatic carbocycles. The third-order valence-corrected chi connectivity index (χ3v) is 5.68. The maximum atomic E-state index is 12.5. The first-order chi connectivity index (χ1) is 14.3. The van der Waals surface area contributed by atoms with E-state index in [-0.39, 0.29) is 12.4 Å². The van der Waals surface area contributed by atoms with Gasteiger partial charge in [0.1, 0.15) is 0 Å². The van der Waals surface area contributed by atoms with Gasteiger partial charge in [-0.05, 0) is 31.9 Å². The minimum absolute atomic E-state index is 0.186. The number of aromatic nitrogens is 2. The average molecular weight is 389 g/mol. The SMILES string of the molecule is CCOC(=O)Cc1c(C2CCCCC2)nn(-c2ccccc2)c1-c1ccccc1. The van der Waals surface area contributed by atoms with Gasteiger partial charge in [-0.25, -0.2) is 4.68 Å². The van der Waals surface area contributed by atoms with E-state index in [1.807, 2.05) is 48.0 Å². The highest BCUT2D eigenvalue weighted by atomic mass is 16.5. The molecule has 1 heterocycles. The van der Waals surface area contributed by atoms with E-state index >= 15 is 0 Å². The van der Waals surface area contributed by atoms with Crippen LogP contribution in [0.5, 0.6) is 0 Å². The summed E-state index contributed by atoms with van der Waals surface area (Å²) in [4.78, 5) is 12.5. The Labute approximate surface area is 172 Å². The molecule has 0 atom stereocenters. The average Bonchev–Trinajstić information content (AvgIpc) is 3.15. The van der Waals surface area contributed by atoms with Crippen LogP contribution in [0.4, 0.5) is 0 Å². The molecule has 0 amide bonds. The van der Waals surface area contributed by atoms with Crippen LogP contribution in [0.1, 0.15) is 56.2 Å². The summed E-state index contributed by atoms with van der Waals surface area (Å²) in [5.74, 6) is 0.218. The van der Waals surface area contributed by atoms with Crippen LogP contribution in [-0.2, 0) is 16.0 Å². The molecule has 29 heavy (non-hydrogen) atoms. The molecule has 3 aromatic rings. The van der Waals surface area contributed by atoms with Gasteiger partial charge < -0.3 is 4.74 Å². The van der Waals surface area contributed by atoms with Gasteiger partial charge >= 0.3 is 5.97 Å². The van der Waals surface area contributed by atoms with E-state index in [2.05, 4.69) is 24.3 Å². The maximum Gasteiger partial charge on any atom is 0.310 e. The van der Waals surface area contributed by atoms with Gasteiger partial charge in [-0.1, -0.05) is 67.8 Å². The van der Waals surface area contributed by atoms with Crippen molar-refractivity contribution in [2.24, 2.45) is 0 Å². The van der Waals surface area contributed by atoms with Crippen LogP contribution in [0.2, 0.25) is 0 Å². The van der Waals surface area contributed by atoms with Crippen LogP contribution in [-0.4, -0.2) is 22.4 Å². The Hall–Kier alpha value is -2.88. The van der Waals surface area contributed by atoms with Crippen molar-refractivity contribution in [3.8, 4) is 16.9 Å². The second-order valence-electron chi connectivity index (χ2n) is 7.64. The van der Waals surface area contributed by atoms with Crippen LogP contribution >= 0.6 is 0 Å². The Bertz CT molecular complexity index is 942. The van der Waals surface area contributed by atoms with Crippen molar-refractivity contribution in [3.05, 3.63) is 71.9 Å². The van der Waals surface area contributed by atoms with Gasteiger partial charge in [0, 0.05) is 17.0 Å². The lowest BCUT2D eigenvalue weighted by Crippen LogP contribution is -2.12. The molecule has 0 saturated heterocycles. The second-order valence-corrected chi connectivity index (χ2v) is 7.64. The quantitative estimate of drug-likeness (QED) is 0.509. The number of benzene rings is 2. The zero-order valence-electron chi connectivity index (χ0n) is 17.0. The highest BCUT2D eigenvalue weighted by Gasteiger charge is 2.28. The van der Waals surface area contributed by atoms with Gasteiger partial charge in [0.2, 0.25) is 0 Å². The molecular weight excluding hydrogens is 360 g/mol. The highest BCUT2D eigenvalue weighted by Crippen LogP contribution is 2.39. The number of hydrogen-bond acceptors (Lipinski definition) is 3. The summed E-state index contributed by atoms with van der Waals surface area (Å²) >= 11 is 0. The first kappa shape index (κ1) is 19.4. The molecule has 0 aliphatic heterocycles.